The highest BCUT2D eigenvalue weighted by atomic mass is 16.4. The summed E-state index contributed by atoms with van der Waals surface area (Å²) >= 11 is 0. The molecule has 1 aliphatic carbocycles. The van der Waals surface area contributed by atoms with E-state index in [2.05, 4.69) is 10.6 Å². The Hall–Kier alpha value is -2.24. The minimum absolute atomic E-state index is 0.0619. The van der Waals surface area contributed by atoms with Gasteiger partial charge in [-0.3, -0.25) is 4.79 Å². The smallest absolute Gasteiger partial charge is 0.315 e. The number of rotatable bonds is 4. The van der Waals surface area contributed by atoms with Crippen molar-refractivity contribution in [3.8, 4) is 5.75 Å². The first-order valence-electron chi connectivity index (χ1n) is 6.12. The lowest BCUT2D eigenvalue weighted by Crippen LogP contribution is -2.43. The SMILES string of the molecule is O=C(O)CCNC(=O)NC1Cc2cccc(O)c2C1. The molecule has 0 bridgehead atoms. The number of carboxylic acid groups (broad SMARTS) is 1. The molecule has 1 atom stereocenters. The van der Waals surface area contributed by atoms with Crippen molar-refractivity contribution in [3.05, 3.63) is 29.3 Å². The lowest BCUT2D eigenvalue weighted by molar-refractivity contribution is -0.136. The van der Waals surface area contributed by atoms with Crippen LogP contribution in [-0.2, 0) is 17.6 Å². The maximum atomic E-state index is 11.5. The molecule has 6 heteroatoms. The minimum atomic E-state index is -0.946. The molecular weight excluding hydrogens is 248 g/mol. The van der Waals surface area contributed by atoms with Gasteiger partial charge >= 0.3 is 12.0 Å². The third-order valence-electron chi connectivity index (χ3n) is 3.12. The lowest BCUT2D eigenvalue weighted by Gasteiger charge is -2.12. The second-order valence-electron chi connectivity index (χ2n) is 4.56. The predicted octanol–water partition coefficient (Wildman–Crippen LogP) is 0.633. The van der Waals surface area contributed by atoms with Gasteiger partial charge in [0, 0.05) is 12.6 Å². The number of carbonyl (C=O) groups is 2. The monoisotopic (exact) mass is 264 g/mol. The molecule has 102 valence electrons. The van der Waals surface area contributed by atoms with Gasteiger partial charge in [-0.25, -0.2) is 4.79 Å². The number of aliphatic carboxylic acids is 1. The molecule has 0 fully saturated rings. The number of aromatic hydroxyl groups is 1. The van der Waals surface area contributed by atoms with Gasteiger partial charge in [0.1, 0.15) is 5.75 Å². The van der Waals surface area contributed by atoms with Gasteiger partial charge in [0.15, 0.2) is 0 Å². The van der Waals surface area contributed by atoms with Crippen LogP contribution in [0.25, 0.3) is 0 Å². The average molecular weight is 264 g/mol. The number of phenols is 1. The highest BCUT2D eigenvalue weighted by Crippen LogP contribution is 2.29. The van der Waals surface area contributed by atoms with Gasteiger partial charge < -0.3 is 20.8 Å². The van der Waals surface area contributed by atoms with Crippen LogP contribution in [0.2, 0.25) is 0 Å². The van der Waals surface area contributed by atoms with Crippen molar-refractivity contribution >= 4 is 12.0 Å². The van der Waals surface area contributed by atoms with Gasteiger partial charge in [0.05, 0.1) is 6.42 Å². The van der Waals surface area contributed by atoms with E-state index in [9.17, 15) is 14.7 Å². The van der Waals surface area contributed by atoms with Crippen molar-refractivity contribution in [2.24, 2.45) is 0 Å². The normalized spacial score (nSPS) is 16.7. The number of phenolic OH excluding ortho intramolecular Hbond substituents is 1. The summed E-state index contributed by atoms with van der Waals surface area (Å²) in [5.41, 5.74) is 1.91. The Morgan fingerprint density at radius 2 is 2.11 bits per heavy atom. The summed E-state index contributed by atoms with van der Waals surface area (Å²) in [6.45, 7) is 0.103. The molecule has 1 aliphatic rings. The predicted molar refractivity (Wildman–Crippen MR) is 68.1 cm³/mol. The van der Waals surface area contributed by atoms with Crippen molar-refractivity contribution < 1.29 is 19.8 Å². The molecule has 0 saturated heterocycles. The maximum absolute atomic E-state index is 11.5. The van der Waals surface area contributed by atoms with Gasteiger partial charge in [0.2, 0.25) is 0 Å². The standard InChI is InChI=1S/C13H16N2O4/c16-11-3-1-2-8-6-9(7-10(8)11)15-13(19)14-5-4-12(17)18/h1-3,9,16H,4-7H2,(H,17,18)(H2,14,15,19). The summed E-state index contributed by atoms with van der Waals surface area (Å²) < 4.78 is 0. The Balaban J connectivity index is 1.82. The van der Waals surface area contributed by atoms with Crippen molar-refractivity contribution in [2.75, 3.05) is 6.54 Å². The molecule has 1 aromatic carbocycles. The summed E-state index contributed by atoms with van der Waals surface area (Å²) in [6, 6.07) is 4.91. The first-order chi connectivity index (χ1) is 9.06. The molecule has 1 unspecified atom stereocenters. The Labute approximate surface area is 110 Å². The Morgan fingerprint density at radius 3 is 2.79 bits per heavy atom. The molecule has 0 spiro atoms. The summed E-state index contributed by atoms with van der Waals surface area (Å²) in [5, 5.41) is 23.4. The van der Waals surface area contributed by atoms with Crippen molar-refractivity contribution in [1.29, 1.82) is 0 Å². The minimum Gasteiger partial charge on any atom is -0.508 e. The number of hydrogen-bond donors (Lipinski definition) is 4. The zero-order valence-corrected chi connectivity index (χ0v) is 10.3. The van der Waals surface area contributed by atoms with Gasteiger partial charge in [-0.2, -0.15) is 0 Å². The summed E-state index contributed by atoms with van der Waals surface area (Å²) in [4.78, 5) is 21.9. The highest BCUT2D eigenvalue weighted by Gasteiger charge is 2.24. The van der Waals surface area contributed by atoms with E-state index < -0.39 is 5.97 Å². The number of carboxylic acids is 1. The fourth-order valence-electron chi connectivity index (χ4n) is 2.25. The van der Waals surface area contributed by atoms with Crippen LogP contribution in [0.4, 0.5) is 4.79 Å². The Bertz CT molecular complexity index is 501. The number of benzene rings is 1. The maximum Gasteiger partial charge on any atom is 0.315 e. The molecule has 1 aromatic rings. The molecule has 0 aromatic heterocycles. The molecule has 4 N–H and O–H groups in total. The van der Waals surface area contributed by atoms with E-state index in [0.29, 0.717) is 12.8 Å². The van der Waals surface area contributed by atoms with Crippen LogP contribution in [0.3, 0.4) is 0 Å². The second-order valence-corrected chi connectivity index (χ2v) is 4.56. The van der Waals surface area contributed by atoms with E-state index in [1.165, 1.54) is 0 Å². The quantitative estimate of drug-likeness (QED) is 0.641. The van der Waals surface area contributed by atoms with Crippen molar-refractivity contribution in [1.82, 2.24) is 10.6 Å². The topological polar surface area (TPSA) is 98.7 Å². The van der Waals surface area contributed by atoms with E-state index in [0.717, 1.165) is 11.1 Å². The van der Waals surface area contributed by atoms with Gasteiger partial charge in [0.25, 0.3) is 0 Å². The largest absolute Gasteiger partial charge is 0.508 e. The molecule has 0 heterocycles. The summed E-state index contributed by atoms with van der Waals surface area (Å²) in [6.07, 6.45) is 1.17. The number of urea groups is 1. The summed E-state index contributed by atoms with van der Waals surface area (Å²) in [7, 11) is 0. The molecule has 19 heavy (non-hydrogen) atoms. The first-order valence-corrected chi connectivity index (χ1v) is 6.12. The van der Waals surface area contributed by atoms with E-state index in [1.54, 1.807) is 12.1 Å². The van der Waals surface area contributed by atoms with E-state index in [1.807, 2.05) is 6.07 Å². The molecular formula is C13H16N2O4. The average Bonchev–Trinajstić information content (AvgIpc) is 2.72. The van der Waals surface area contributed by atoms with Gasteiger partial charge in [-0.15, -0.1) is 0 Å². The fourth-order valence-corrected chi connectivity index (χ4v) is 2.25. The van der Waals surface area contributed by atoms with Crippen LogP contribution in [0.1, 0.15) is 17.5 Å². The first kappa shape index (κ1) is 13.2. The molecule has 0 radical (unpaired) electrons. The third kappa shape index (κ3) is 3.37. The van der Waals surface area contributed by atoms with Gasteiger partial charge in [-0.05, 0) is 30.0 Å². The number of hydrogen-bond acceptors (Lipinski definition) is 3. The number of carbonyl (C=O) groups excluding carboxylic acids is 1. The number of amides is 2. The van der Waals surface area contributed by atoms with E-state index in [4.69, 9.17) is 5.11 Å². The zero-order chi connectivity index (χ0) is 13.8. The van der Waals surface area contributed by atoms with Crippen LogP contribution in [0.5, 0.6) is 5.75 Å². The summed E-state index contributed by atoms with van der Waals surface area (Å²) in [5.74, 6) is -0.688. The molecule has 2 amide bonds. The third-order valence-corrected chi connectivity index (χ3v) is 3.12. The number of nitrogens with one attached hydrogen (secondary N) is 2. The van der Waals surface area contributed by atoms with Crippen LogP contribution < -0.4 is 10.6 Å². The molecule has 0 saturated carbocycles. The van der Waals surface area contributed by atoms with Crippen LogP contribution in [0.15, 0.2) is 18.2 Å². The number of fused-ring (bicyclic) bond motifs is 1. The van der Waals surface area contributed by atoms with Crippen molar-refractivity contribution in [2.45, 2.75) is 25.3 Å². The van der Waals surface area contributed by atoms with E-state index >= 15 is 0 Å². The Morgan fingerprint density at radius 1 is 1.32 bits per heavy atom. The van der Waals surface area contributed by atoms with Crippen LogP contribution >= 0.6 is 0 Å². The zero-order valence-electron chi connectivity index (χ0n) is 10.3. The molecule has 0 aliphatic heterocycles. The van der Waals surface area contributed by atoms with Crippen LogP contribution in [-0.4, -0.2) is 34.8 Å². The second kappa shape index (κ2) is 5.60. The van der Waals surface area contributed by atoms with Gasteiger partial charge in [-0.1, -0.05) is 12.1 Å². The Kier molecular flexibility index (Phi) is 3.89. The highest BCUT2D eigenvalue weighted by molar-refractivity contribution is 5.75. The molecule has 6 nitrogen and oxygen atoms in total. The molecule has 2 rings (SSSR count). The fraction of sp³-hybridized carbons (Fsp3) is 0.385. The van der Waals surface area contributed by atoms with Crippen LogP contribution in [0, 0.1) is 0 Å². The van der Waals surface area contributed by atoms with Crippen molar-refractivity contribution in [3.63, 3.8) is 0 Å². The van der Waals surface area contributed by atoms with E-state index in [-0.39, 0.29) is 30.8 Å². The lowest BCUT2D eigenvalue weighted by atomic mass is 10.1.